The summed E-state index contributed by atoms with van der Waals surface area (Å²) in [5.41, 5.74) is 0. The Morgan fingerprint density at radius 1 is 0.381 bits per heavy atom. The fourth-order valence-electron chi connectivity index (χ4n) is 8.70. The molecule has 0 aromatic heterocycles. The van der Waals surface area contributed by atoms with Gasteiger partial charge in [-0.05, 0) is 64.2 Å². The Hall–Kier alpha value is -1.65. The van der Waals surface area contributed by atoms with Gasteiger partial charge in [0.1, 0.15) is 0 Å². The minimum absolute atomic E-state index is 0.0732. The van der Waals surface area contributed by atoms with Crippen LogP contribution in [0.3, 0.4) is 0 Å². The molecule has 0 aromatic rings. The fourth-order valence-corrected chi connectivity index (χ4v) is 8.70. The van der Waals surface area contributed by atoms with Crippen molar-refractivity contribution < 1.29 is 15.0 Å². The number of carbonyl (C=O) groups is 1. The molecule has 0 fully saturated rings. The number of aliphatic hydroxyl groups excluding tert-OH is 2. The molecule has 0 aliphatic heterocycles. The van der Waals surface area contributed by atoms with Gasteiger partial charge in [-0.2, -0.15) is 0 Å². The standard InChI is InChI=1S/C59H111NO3/c1-3-5-7-9-11-13-15-17-19-21-23-25-27-29-30-31-33-35-37-39-41-43-45-47-49-51-53-55-59(63)60-57(56-61)58(62)54-52-50-48-46-44-42-40-38-36-34-32-28-26-24-22-20-18-16-14-12-10-8-6-4-2/h23,25,29-30,44,46,52,54,57-58,61-62H,3-22,24,26-28,31-43,45,47-51,53,55-56H2,1-2H3,(H,60,63)/b25-23-,30-29-,46-44+,54-52+. The molecule has 0 aromatic carbocycles. The topological polar surface area (TPSA) is 69.6 Å². The van der Waals surface area contributed by atoms with Crippen molar-refractivity contribution in [3.05, 3.63) is 48.6 Å². The van der Waals surface area contributed by atoms with E-state index < -0.39 is 12.1 Å². The lowest BCUT2D eigenvalue weighted by Gasteiger charge is -2.19. The van der Waals surface area contributed by atoms with Gasteiger partial charge in [0.25, 0.3) is 0 Å². The van der Waals surface area contributed by atoms with Gasteiger partial charge in [0.15, 0.2) is 0 Å². The average Bonchev–Trinajstić information content (AvgIpc) is 3.29. The van der Waals surface area contributed by atoms with Gasteiger partial charge in [-0.25, -0.2) is 0 Å². The molecule has 4 nitrogen and oxygen atoms in total. The summed E-state index contributed by atoms with van der Waals surface area (Å²) in [6.45, 7) is 4.32. The average molecular weight is 883 g/mol. The van der Waals surface area contributed by atoms with E-state index in [4.69, 9.17) is 0 Å². The lowest BCUT2D eigenvalue weighted by molar-refractivity contribution is -0.123. The van der Waals surface area contributed by atoms with Gasteiger partial charge >= 0.3 is 0 Å². The maximum Gasteiger partial charge on any atom is 0.220 e. The maximum atomic E-state index is 12.5. The predicted molar refractivity (Wildman–Crippen MR) is 281 cm³/mol. The number of aliphatic hydroxyl groups is 2. The van der Waals surface area contributed by atoms with E-state index in [0.29, 0.717) is 6.42 Å². The van der Waals surface area contributed by atoms with Gasteiger partial charge in [0.05, 0.1) is 18.8 Å². The minimum Gasteiger partial charge on any atom is -0.394 e. The minimum atomic E-state index is -0.865. The molecule has 370 valence electrons. The number of allylic oxidation sites excluding steroid dienone is 7. The van der Waals surface area contributed by atoms with Crippen LogP contribution in [0.2, 0.25) is 0 Å². The second kappa shape index (κ2) is 54.7. The zero-order valence-electron chi connectivity index (χ0n) is 42.6. The Bertz CT molecular complexity index is 1000. The van der Waals surface area contributed by atoms with E-state index in [1.54, 1.807) is 6.08 Å². The first-order chi connectivity index (χ1) is 31.2. The molecule has 4 heteroatoms. The molecule has 0 bridgehead atoms. The molecule has 0 aliphatic carbocycles. The Labute approximate surface area is 394 Å². The second-order valence-electron chi connectivity index (χ2n) is 19.3. The Morgan fingerprint density at radius 3 is 1.02 bits per heavy atom. The van der Waals surface area contributed by atoms with Crippen molar-refractivity contribution in [1.82, 2.24) is 5.32 Å². The van der Waals surface area contributed by atoms with Crippen LogP contribution in [-0.2, 0) is 4.79 Å². The summed E-state index contributed by atoms with van der Waals surface area (Å²) < 4.78 is 0. The van der Waals surface area contributed by atoms with Gasteiger partial charge in [-0.3, -0.25) is 4.79 Å². The maximum absolute atomic E-state index is 12.5. The number of carbonyl (C=O) groups excluding carboxylic acids is 1. The van der Waals surface area contributed by atoms with Crippen LogP contribution in [0.5, 0.6) is 0 Å². The third kappa shape index (κ3) is 51.2. The molecule has 63 heavy (non-hydrogen) atoms. The monoisotopic (exact) mass is 882 g/mol. The molecular weight excluding hydrogens is 771 g/mol. The summed E-state index contributed by atoms with van der Waals surface area (Å²) in [4.78, 5) is 12.5. The molecular formula is C59H111NO3. The van der Waals surface area contributed by atoms with E-state index in [2.05, 4.69) is 55.6 Å². The van der Waals surface area contributed by atoms with Crippen LogP contribution in [0.4, 0.5) is 0 Å². The van der Waals surface area contributed by atoms with Crippen molar-refractivity contribution in [3.8, 4) is 0 Å². The zero-order valence-corrected chi connectivity index (χ0v) is 42.6. The van der Waals surface area contributed by atoms with E-state index in [1.165, 1.54) is 244 Å². The first-order valence-electron chi connectivity index (χ1n) is 28.4. The van der Waals surface area contributed by atoms with Gasteiger partial charge in [0.2, 0.25) is 5.91 Å². The molecule has 3 N–H and O–H groups in total. The van der Waals surface area contributed by atoms with Gasteiger partial charge in [-0.1, -0.05) is 281 Å². The van der Waals surface area contributed by atoms with Crippen LogP contribution < -0.4 is 5.32 Å². The summed E-state index contributed by atoms with van der Waals surface area (Å²) in [5.74, 6) is -0.0732. The third-order valence-electron chi connectivity index (χ3n) is 13.0. The highest BCUT2D eigenvalue weighted by atomic mass is 16.3. The Balaban J connectivity index is 3.54. The molecule has 0 spiro atoms. The fraction of sp³-hybridized carbons (Fsp3) is 0.847. The summed E-state index contributed by atoms with van der Waals surface area (Å²) in [7, 11) is 0. The summed E-state index contributed by atoms with van der Waals surface area (Å²) in [6.07, 6.45) is 75.6. The molecule has 0 heterocycles. The van der Waals surface area contributed by atoms with Crippen molar-refractivity contribution in [2.75, 3.05) is 6.61 Å². The smallest absolute Gasteiger partial charge is 0.220 e. The molecule has 0 saturated heterocycles. The quantitative estimate of drug-likeness (QED) is 0.0421. The number of hydrogen-bond acceptors (Lipinski definition) is 3. The molecule has 0 saturated carbocycles. The van der Waals surface area contributed by atoms with Gasteiger partial charge < -0.3 is 15.5 Å². The Morgan fingerprint density at radius 2 is 0.667 bits per heavy atom. The summed E-state index contributed by atoms with van der Waals surface area (Å²) >= 11 is 0. The van der Waals surface area contributed by atoms with Crippen molar-refractivity contribution >= 4 is 5.91 Å². The number of amides is 1. The Kier molecular flexibility index (Phi) is 53.3. The number of unbranched alkanes of at least 4 members (excludes halogenated alkanes) is 39. The van der Waals surface area contributed by atoms with E-state index in [0.717, 1.165) is 38.5 Å². The van der Waals surface area contributed by atoms with Crippen LogP contribution in [-0.4, -0.2) is 34.9 Å². The molecule has 0 radical (unpaired) electrons. The van der Waals surface area contributed by atoms with Crippen LogP contribution in [0, 0.1) is 0 Å². The van der Waals surface area contributed by atoms with Gasteiger partial charge in [0, 0.05) is 6.42 Å². The van der Waals surface area contributed by atoms with E-state index in [9.17, 15) is 15.0 Å². The van der Waals surface area contributed by atoms with Crippen molar-refractivity contribution in [3.63, 3.8) is 0 Å². The predicted octanol–water partition coefficient (Wildman–Crippen LogP) is 18.6. The third-order valence-corrected chi connectivity index (χ3v) is 13.0. The van der Waals surface area contributed by atoms with Crippen LogP contribution in [0.25, 0.3) is 0 Å². The normalized spacial score (nSPS) is 13.1. The highest BCUT2D eigenvalue weighted by molar-refractivity contribution is 5.76. The van der Waals surface area contributed by atoms with Crippen LogP contribution in [0.1, 0.15) is 303 Å². The first-order valence-corrected chi connectivity index (χ1v) is 28.4. The molecule has 1 amide bonds. The number of nitrogens with one attached hydrogen (secondary N) is 1. The van der Waals surface area contributed by atoms with Gasteiger partial charge in [-0.15, -0.1) is 0 Å². The summed E-state index contributed by atoms with van der Waals surface area (Å²) in [5, 5.41) is 23.2. The highest BCUT2D eigenvalue weighted by Gasteiger charge is 2.18. The molecule has 0 rings (SSSR count). The van der Waals surface area contributed by atoms with Crippen molar-refractivity contribution in [1.29, 1.82) is 0 Å². The number of rotatable bonds is 52. The zero-order chi connectivity index (χ0) is 45.6. The van der Waals surface area contributed by atoms with E-state index in [-0.39, 0.29) is 12.5 Å². The lowest BCUT2D eigenvalue weighted by Crippen LogP contribution is -2.45. The highest BCUT2D eigenvalue weighted by Crippen LogP contribution is 2.16. The van der Waals surface area contributed by atoms with Crippen LogP contribution in [0.15, 0.2) is 48.6 Å². The number of hydrogen-bond donors (Lipinski definition) is 3. The van der Waals surface area contributed by atoms with Crippen molar-refractivity contribution in [2.45, 2.75) is 315 Å². The van der Waals surface area contributed by atoms with E-state index in [1.807, 2.05) is 6.08 Å². The molecule has 0 aliphatic rings. The van der Waals surface area contributed by atoms with E-state index >= 15 is 0 Å². The first kappa shape index (κ1) is 61.4. The SMILES string of the molecule is CCCCCCCCCCC/C=C\C/C=C\CCCCCCCCCCCCCC(=O)NC(CO)C(O)/C=C/CC/C=C/CCCCCCCCCCCCCCCCCCCC. The van der Waals surface area contributed by atoms with Crippen LogP contribution >= 0.6 is 0 Å². The molecule has 2 atom stereocenters. The summed E-state index contributed by atoms with van der Waals surface area (Å²) in [6, 6.07) is -0.642. The largest absolute Gasteiger partial charge is 0.394 e. The van der Waals surface area contributed by atoms with Crippen molar-refractivity contribution in [2.24, 2.45) is 0 Å². The second-order valence-corrected chi connectivity index (χ2v) is 19.3. The molecule has 2 unspecified atom stereocenters. The lowest BCUT2D eigenvalue weighted by atomic mass is 10.0.